The molecule has 0 aliphatic carbocycles. The average Bonchev–Trinajstić information content (AvgIpc) is 3.28. The van der Waals surface area contributed by atoms with Crippen molar-refractivity contribution in [3.63, 3.8) is 0 Å². The van der Waals surface area contributed by atoms with Crippen LogP contribution in [0.4, 0.5) is 5.95 Å². The summed E-state index contributed by atoms with van der Waals surface area (Å²) in [5, 5.41) is 8.85. The number of ether oxygens (including phenoxy) is 2. The lowest BCUT2D eigenvalue weighted by Gasteiger charge is -2.21. The molecule has 3 heterocycles. The van der Waals surface area contributed by atoms with Gasteiger partial charge in [0, 0.05) is 25.6 Å². The minimum atomic E-state index is -0.298. The number of benzene rings is 1. The molecule has 0 aliphatic rings. The number of aryl methyl sites for hydroxylation is 2. The molecular formula is C24H27N7O2S. The van der Waals surface area contributed by atoms with E-state index in [0.717, 1.165) is 16.8 Å². The highest BCUT2D eigenvalue weighted by atomic mass is 32.2. The van der Waals surface area contributed by atoms with Crippen molar-refractivity contribution in [3.8, 4) is 23.1 Å². The predicted molar refractivity (Wildman–Crippen MR) is 133 cm³/mol. The molecule has 1 aromatic carbocycles. The molecule has 2 atom stereocenters. The lowest BCUT2D eigenvalue weighted by Crippen LogP contribution is -2.19. The fraction of sp³-hybridized carbons (Fsp3) is 0.292. The molecule has 0 aliphatic heterocycles. The zero-order valence-electron chi connectivity index (χ0n) is 19.8. The van der Waals surface area contributed by atoms with E-state index in [9.17, 15) is 0 Å². The van der Waals surface area contributed by atoms with Crippen molar-refractivity contribution in [2.75, 3.05) is 18.9 Å². The molecule has 0 fully saturated rings. The highest BCUT2D eigenvalue weighted by Crippen LogP contribution is 2.31. The molecule has 10 heteroatoms. The van der Waals surface area contributed by atoms with Crippen LogP contribution in [-0.2, 0) is 4.74 Å². The topological polar surface area (TPSA) is 99.9 Å². The van der Waals surface area contributed by atoms with E-state index >= 15 is 0 Å². The van der Waals surface area contributed by atoms with Gasteiger partial charge in [0.1, 0.15) is 11.8 Å². The molecule has 0 spiro atoms. The van der Waals surface area contributed by atoms with Crippen molar-refractivity contribution < 1.29 is 9.47 Å². The van der Waals surface area contributed by atoms with Crippen LogP contribution in [0.1, 0.15) is 30.0 Å². The SMILES string of the molecule is COc1cccc(-c2nnc(NSC(C)C(OC)c3ncc(C)cn3)n2-c2cccc(C)c2)n1. The Bertz CT molecular complexity index is 1250. The summed E-state index contributed by atoms with van der Waals surface area (Å²) in [6.45, 7) is 6.05. The zero-order chi connectivity index (χ0) is 24.1. The van der Waals surface area contributed by atoms with Gasteiger partial charge in [-0.05, 0) is 62.0 Å². The maximum absolute atomic E-state index is 5.70. The second-order valence-electron chi connectivity index (χ2n) is 7.79. The van der Waals surface area contributed by atoms with Gasteiger partial charge in [-0.1, -0.05) is 18.2 Å². The maximum atomic E-state index is 5.70. The first-order valence-electron chi connectivity index (χ1n) is 10.8. The van der Waals surface area contributed by atoms with Crippen molar-refractivity contribution in [1.82, 2.24) is 29.7 Å². The minimum absolute atomic E-state index is 0.0197. The molecule has 0 saturated carbocycles. The first-order chi connectivity index (χ1) is 16.5. The van der Waals surface area contributed by atoms with E-state index < -0.39 is 0 Å². The summed E-state index contributed by atoms with van der Waals surface area (Å²) >= 11 is 1.47. The molecule has 2 unspecified atom stereocenters. The molecule has 176 valence electrons. The van der Waals surface area contributed by atoms with E-state index in [2.05, 4.69) is 35.9 Å². The van der Waals surface area contributed by atoms with Crippen LogP contribution >= 0.6 is 11.9 Å². The summed E-state index contributed by atoms with van der Waals surface area (Å²) in [6.07, 6.45) is 3.29. The van der Waals surface area contributed by atoms with Gasteiger partial charge in [-0.2, -0.15) is 0 Å². The van der Waals surface area contributed by atoms with Crippen LogP contribution in [0.5, 0.6) is 5.88 Å². The maximum Gasteiger partial charge on any atom is 0.239 e. The van der Waals surface area contributed by atoms with Crippen molar-refractivity contribution in [1.29, 1.82) is 0 Å². The number of anilines is 1. The summed E-state index contributed by atoms with van der Waals surface area (Å²) in [4.78, 5) is 13.4. The Kier molecular flexibility index (Phi) is 7.39. The lowest BCUT2D eigenvalue weighted by atomic mass is 10.2. The average molecular weight is 478 g/mol. The van der Waals surface area contributed by atoms with Gasteiger partial charge in [0.25, 0.3) is 0 Å². The van der Waals surface area contributed by atoms with Crippen LogP contribution in [0, 0.1) is 13.8 Å². The van der Waals surface area contributed by atoms with Crippen LogP contribution in [0.25, 0.3) is 17.2 Å². The molecule has 4 aromatic rings. The number of hydrogen-bond acceptors (Lipinski definition) is 9. The number of rotatable bonds is 9. The lowest BCUT2D eigenvalue weighted by molar-refractivity contribution is 0.0972. The summed E-state index contributed by atoms with van der Waals surface area (Å²) in [5.74, 6) is 2.32. The van der Waals surface area contributed by atoms with Crippen molar-refractivity contribution >= 4 is 17.9 Å². The third-order valence-corrected chi connectivity index (χ3v) is 6.08. The quantitative estimate of drug-likeness (QED) is 0.347. The summed E-state index contributed by atoms with van der Waals surface area (Å²) < 4.78 is 16.3. The number of hydrogen-bond donors (Lipinski definition) is 1. The van der Waals surface area contributed by atoms with Gasteiger partial charge >= 0.3 is 0 Å². The third-order valence-electron chi connectivity index (χ3n) is 5.16. The normalized spacial score (nSPS) is 12.9. The Morgan fingerprint density at radius 1 is 0.971 bits per heavy atom. The summed E-state index contributed by atoms with van der Waals surface area (Å²) in [5.41, 5.74) is 3.70. The molecule has 9 nitrogen and oxygen atoms in total. The number of aromatic nitrogens is 6. The minimum Gasteiger partial charge on any atom is -0.481 e. The Morgan fingerprint density at radius 2 is 1.74 bits per heavy atom. The van der Waals surface area contributed by atoms with E-state index in [-0.39, 0.29) is 11.4 Å². The van der Waals surface area contributed by atoms with Gasteiger partial charge in [-0.25, -0.2) is 15.0 Å². The van der Waals surface area contributed by atoms with Gasteiger partial charge < -0.3 is 9.47 Å². The van der Waals surface area contributed by atoms with Gasteiger partial charge in [-0.15, -0.1) is 10.2 Å². The van der Waals surface area contributed by atoms with Gasteiger partial charge in [0.05, 0.1) is 18.0 Å². The van der Waals surface area contributed by atoms with E-state index in [4.69, 9.17) is 9.47 Å². The Balaban J connectivity index is 1.65. The van der Waals surface area contributed by atoms with Crippen molar-refractivity contribution in [2.24, 2.45) is 0 Å². The van der Waals surface area contributed by atoms with E-state index in [1.54, 1.807) is 32.7 Å². The fourth-order valence-corrected chi connectivity index (χ4v) is 4.22. The van der Waals surface area contributed by atoms with Crippen LogP contribution < -0.4 is 9.46 Å². The monoisotopic (exact) mass is 477 g/mol. The van der Waals surface area contributed by atoms with Gasteiger partial charge in [0.2, 0.25) is 11.8 Å². The van der Waals surface area contributed by atoms with Gasteiger partial charge in [0.15, 0.2) is 11.6 Å². The first kappa shape index (κ1) is 23.7. The number of nitrogens with one attached hydrogen (secondary N) is 1. The van der Waals surface area contributed by atoms with Crippen molar-refractivity contribution in [2.45, 2.75) is 32.1 Å². The Hall–Kier alpha value is -3.50. The molecule has 0 saturated heterocycles. The molecule has 3 aromatic heterocycles. The largest absolute Gasteiger partial charge is 0.481 e. The summed E-state index contributed by atoms with van der Waals surface area (Å²) in [6, 6.07) is 13.7. The second kappa shape index (κ2) is 10.6. The summed E-state index contributed by atoms with van der Waals surface area (Å²) in [7, 11) is 3.25. The molecule has 4 rings (SSSR count). The highest BCUT2D eigenvalue weighted by Gasteiger charge is 2.24. The predicted octanol–water partition coefficient (Wildman–Crippen LogP) is 4.58. The number of methoxy groups -OCH3 is 2. The zero-order valence-corrected chi connectivity index (χ0v) is 20.6. The Morgan fingerprint density at radius 3 is 2.44 bits per heavy atom. The standard InChI is InChI=1S/C24H27N7O2S/c1-15-8-6-9-18(12-15)31-23(19-10-7-11-20(27-19)32-4)28-29-24(31)30-34-17(3)21(33-5)22-25-13-16(2)14-26-22/h6-14,17,21H,1-5H3,(H,29,30). The van der Waals surface area contributed by atoms with E-state index in [0.29, 0.717) is 29.2 Å². The third kappa shape index (κ3) is 5.18. The van der Waals surface area contributed by atoms with Gasteiger partial charge in [-0.3, -0.25) is 9.29 Å². The highest BCUT2D eigenvalue weighted by molar-refractivity contribution is 8.01. The molecular weight excluding hydrogens is 450 g/mol. The number of nitrogens with zero attached hydrogens (tertiary/aromatic N) is 6. The van der Waals surface area contributed by atoms with Crippen LogP contribution in [0.15, 0.2) is 54.9 Å². The molecule has 0 bridgehead atoms. The van der Waals surface area contributed by atoms with E-state index in [1.807, 2.05) is 55.7 Å². The van der Waals surface area contributed by atoms with Crippen LogP contribution in [0.2, 0.25) is 0 Å². The van der Waals surface area contributed by atoms with Crippen molar-refractivity contribution in [3.05, 3.63) is 71.8 Å². The molecule has 1 N–H and O–H groups in total. The number of pyridine rings is 1. The first-order valence-corrected chi connectivity index (χ1v) is 11.6. The fourth-order valence-electron chi connectivity index (χ4n) is 3.44. The molecule has 0 amide bonds. The molecule has 34 heavy (non-hydrogen) atoms. The van der Waals surface area contributed by atoms with Crippen LogP contribution in [-0.4, -0.2) is 49.2 Å². The molecule has 0 radical (unpaired) electrons. The smallest absolute Gasteiger partial charge is 0.239 e. The second-order valence-corrected chi connectivity index (χ2v) is 8.97. The van der Waals surface area contributed by atoms with E-state index in [1.165, 1.54) is 11.9 Å². The Labute approximate surface area is 203 Å². The van der Waals surface area contributed by atoms with Crippen LogP contribution in [0.3, 0.4) is 0 Å².